The van der Waals surface area contributed by atoms with E-state index in [4.69, 9.17) is 0 Å². The zero-order chi connectivity index (χ0) is 13.2. The van der Waals surface area contributed by atoms with Crippen LogP contribution in [0.5, 0.6) is 5.75 Å². The molecule has 0 saturated heterocycles. The quantitative estimate of drug-likeness (QED) is 0.486. The molecule has 0 N–H and O–H groups in total. The van der Waals surface area contributed by atoms with Crippen molar-refractivity contribution in [2.75, 3.05) is 0 Å². The van der Waals surface area contributed by atoms with Crippen molar-refractivity contribution in [2.24, 2.45) is 0 Å². The van der Waals surface area contributed by atoms with Crippen LogP contribution >= 0.6 is 15.9 Å². The van der Waals surface area contributed by atoms with Gasteiger partial charge in [-0.1, -0.05) is 0 Å². The number of alkyl halides is 2. The van der Waals surface area contributed by atoms with Gasteiger partial charge >= 0.3 is 6.61 Å². The van der Waals surface area contributed by atoms with E-state index >= 15 is 0 Å². The fourth-order valence-electron chi connectivity index (χ4n) is 1.15. The number of halogens is 3. The number of non-ortho nitro benzene ring substituents is 1. The first-order chi connectivity index (χ1) is 7.82. The third-order valence-corrected chi connectivity index (χ3v) is 2.41. The lowest BCUT2D eigenvalue weighted by Gasteiger charge is -2.10. The van der Waals surface area contributed by atoms with Gasteiger partial charge in [0, 0.05) is 12.1 Å². The van der Waals surface area contributed by atoms with Crippen molar-refractivity contribution in [2.45, 2.75) is 13.5 Å². The molecule has 0 saturated carbocycles. The monoisotopic (exact) mass is 309 g/mol. The molecule has 0 heterocycles. The van der Waals surface area contributed by atoms with Gasteiger partial charge in [0.25, 0.3) is 5.69 Å². The van der Waals surface area contributed by atoms with Gasteiger partial charge in [-0.15, -0.1) is 0 Å². The molecular formula is C9H6BrF2NO4. The second-order valence-corrected chi connectivity index (χ2v) is 3.85. The maximum Gasteiger partial charge on any atom is 0.387 e. The summed E-state index contributed by atoms with van der Waals surface area (Å²) in [6.07, 6.45) is 0. The molecule has 0 unspecified atom stereocenters. The lowest BCUT2D eigenvalue weighted by atomic mass is 10.1. The van der Waals surface area contributed by atoms with Gasteiger partial charge in [-0.05, 0) is 22.9 Å². The van der Waals surface area contributed by atoms with Crippen molar-refractivity contribution in [3.8, 4) is 5.75 Å². The predicted octanol–water partition coefficient (Wildman–Crippen LogP) is 3.16. The second-order valence-electron chi connectivity index (χ2n) is 3.00. The molecule has 8 heteroatoms. The van der Waals surface area contributed by atoms with Crippen LogP contribution in [0.2, 0.25) is 0 Å². The van der Waals surface area contributed by atoms with Crippen LogP contribution in [0, 0.1) is 10.1 Å². The van der Waals surface area contributed by atoms with E-state index in [-0.39, 0.29) is 15.7 Å². The molecular weight excluding hydrogens is 304 g/mol. The van der Waals surface area contributed by atoms with Gasteiger partial charge in [0.2, 0.25) is 0 Å². The molecule has 0 aliphatic heterocycles. The Kier molecular flexibility index (Phi) is 4.11. The number of nitro groups is 1. The first kappa shape index (κ1) is 13.5. The number of hydrogen-bond acceptors (Lipinski definition) is 4. The van der Waals surface area contributed by atoms with Gasteiger partial charge in [-0.2, -0.15) is 8.78 Å². The van der Waals surface area contributed by atoms with Gasteiger partial charge in [0.05, 0.1) is 15.0 Å². The molecule has 0 aliphatic carbocycles. The van der Waals surface area contributed by atoms with Crippen LogP contribution in [0.25, 0.3) is 0 Å². The summed E-state index contributed by atoms with van der Waals surface area (Å²) in [4.78, 5) is 21.0. The lowest BCUT2D eigenvalue weighted by Crippen LogP contribution is -2.08. The van der Waals surface area contributed by atoms with Gasteiger partial charge in [0.15, 0.2) is 11.5 Å². The standard InChI is InChI=1S/C9H6BrF2NO4/c1-4(14)6-2-5(13(15)16)3-7(10)8(6)17-9(11)12/h2-3,9H,1H3. The Labute approximate surface area is 103 Å². The van der Waals surface area contributed by atoms with E-state index < -0.39 is 23.1 Å². The average Bonchev–Trinajstić information content (AvgIpc) is 2.19. The van der Waals surface area contributed by atoms with Crippen LogP contribution in [-0.4, -0.2) is 17.3 Å². The number of carbonyl (C=O) groups excluding carboxylic acids is 1. The van der Waals surface area contributed by atoms with Crippen LogP contribution in [0.15, 0.2) is 16.6 Å². The molecule has 0 aliphatic rings. The highest BCUT2D eigenvalue weighted by Crippen LogP contribution is 2.34. The molecule has 1 rings (SSSR count). The fourth-order valence-corrected chi connectivity index (χ4v) is 1.70. The summed E-state index contributed by atoms with van der Waals surface area (Å²) in [5.41, 5.74) is -0.657. The molecule has 0 bridgehead atoms. The summed E-state index contributed by atoms with van der Waals surface area (Å²) in [5.74, 6) is -1.01. The van der Waals surface area contributed by atoms with Crippen LogP contribution < -0.4 is 4.74 Å². The number of ether oxygens (including phenoxy) is 1. The van der Waals surface area contributed by atoms with Crippen LogP contribution in [0.4, 0.5) is 14.5 Å². The molecule has 17 heavy (non-hydrogen) atoms. The number of nitro benzene ring substituents is 1. The highest BCUT2D eigenvalue weighted by atomic mass is 79.9. The summed E-state index contributed by atoms with van der Waals surface area (Å²) in [7, 11) is 0. The average molecular weight is 310 g/mol. The van der Waals surface area contributed by atoms with Crippen molar-refractivity contribution in [1.82, 2.24) is 0 Å². The van der Waals surface area contributed by atoms with E-state index in [0.29, 0.717) is 0 Å². The Morgan fingerprint density at radius 3 is 2.53 bits per heavy atom. The number of benzene rings is 1. The van der Waals surface area contributed by atoms with Gasteiger partial charge in [-0.25, -0.2) is 0 Å². The highest BCUT2D eigenvalue weighted by molar-refractivity contribution is 9.10. The lowest BCUT2D eigenvalue weighted by molar-refractivity contribution is -0.385. The molecule has 5 nitrogen and oxygen atoms in total. The van der Waals surface area contributed by atoms with Crippen molar-refractivity contribution >= 4 is 27.4 Å². The summed E-state index contributed by atoms with van der Waals surface area (Å²) >= 11 is 2.85. The van der Waals surface area contributed by atoms with Crippen LogP contribution in [-0.2, 0) is 0 Å². The zero-order valence-corrected chi connectivity index (χ0v) is 10.0. The second kappa shape index (κ2) is 5.17. The Bertz CT molecular complexity index is 478. The SMILES string of the molecule is CC(=O)c1cc([N+](=O)[O-])cc(Br)c1OC(F)F. The minimum Gasteiger partial charge on any atom is -0.433 e. The third-order valence-electron chi connectivity index (χ3n) is 1.83. The van der Waals surface area contributed by atoms with Crippen molar-refractivity contribution in [1.29, 1.82) is 0 Å². The fraction of sp³-hybridized carbons (Fsp3) is 0.222. The number of carbonyl (C=O) groups is 1. The van der Waals surface area contributed by atoms with Crippen molar-refractivity contribution in [3.05, 3.63) is 32.3 Å². The number of ketones is 1. The smallest absolute Gasteiger partial charge is 0.387 e. The first-order valence-electron chi connectivity index (χ1n) is 4.26. The molecule has 0 atom stereocenters. The van der Waals surface area contributed by atoms with Crippen molar-refractivity contribution in [3.63, 3.8) is 0 Å². The maximum absolute atomic E-state index is 12.1. The minimum atomic E-state index is -3.12. The van der Waals surface area contributed by atoms with E-state index in [9.17, 15) is 23.7 Å². The normalized spacial score (nSPS) is 10.4. The molecule has 0 radical (unpaired) electrons. The Morgan fingerprint density at radius 1 is 1.53 bits per heavy atom. The molecule has 0 spiro atoms. The Balaban J connectivity index is 3.38. The molecule has 1 aromatic carbocycles. The van der Waals surface area contributed by atoms with E-state index in [1.165, 1.54) is 0 Å². The Hall–Kier alpha value is -1.57. The van der Waals surface area contributed by atoms with Crippen LogP contribution in [0.3, 0.4) is 0 Å². The van der Waals surface area contributed by atoms with E-state index in [1.807, 2.05) is 0 Å². The number of rotatable bonds is 4. The molecule has 92 valence electrons. The summed E-state index contributed by atoms with van der Waals surface area (Å²) < 4.78 is 28.3. The van der Waals surface area contributed by atoms with E-state index in [2.05, 4.69) is 20.7 Å². The van der Waals surface area contributed by atoms with Gasteiger partial charge < -0.3 is 4.74 Å². The predicted molar refractivity (Wildman–Crippen MR) is 57.4 cm³/mol. The molecule has 1 aromatic rings. The van der Waals surface area contributed by atoms with Gasteiger partial charge in [0.1, 0.15) is 0 Å². The molecule has 0 amide bonds. The Morgan fingerprint density at radius 2 is 2.12 bits per heavy atom. The van der Waals surface area contributed by atoms with Crippen LogP contribution in [0.1, 0.15) is 17.3 Å². The maximum atomic E-state index is 12.1. The third kappa shape index (κ3) is 3.19. The van der Waals surface area contributed by atoms with E-state index in [1.54, 1.807) is 0 Å². The minimum absolute atomic E-state index is 0.0720. The number of hydrogen-bond donors (Lipinski definition) is 0. The topological polar surface area (TPSA) is 69.4 Å². The number of nitrogens with zero attached hydrogens (tertiary/aromatic N) is 1. The van der Waals surface area contributed by atoms with Gasteiger partial charge in [-0.3, -0.25) is 14.9 Å². The largest absolute Gasteiger partial charge is 0.433 e. The highest BCUT2D eigenvalue weighted by Gasteiger charge is 2.21. The molecule has 0 fully saturated rings. The zero-order valence-electron chi connectivity index (χ0n) is 8.45. The summed E-state index contributed by atoms with van der Waals surface area (Å²) in [6.45, 7) is -2.02. The summed E-state index contributed by atoms with van der Waals surface area (Å²) in [5, 5.41) is 10.5. The summed E-state index contributed by atoms with van der Waals surface area (Å²) in [6, 6.07) is 1.88. The number of Topliss-reactive ketones (excluding diaryl/α,β-unsaturated/α-hetero) is 1. The molecule has 0 aromatic heterocycles. The van der Waals surface area contributed by atoms with E-state index in [0.717, 1.165) is 19.1 Å². The first-order valence-corrected chi connectivity index (χ1v) is 5.06. The van der Waals surface area contributed by atoms with Crippen molar-refractivity contribution < 1.29 is 23.2 Å².